The fourth-order valence-electron chi connectivity index (χ4n) is 1.84. The molecule has 0 saturated carbocycles. The van der Waals surface area contributed by atoms with Crippen molar-refractivity contribution >= 4 is 38.8 Å². The van der Waals surface area contributed by atoms with Gasteiger partial charge in [-0.05, 0) is 29.8 Å². The Morgan fingerprint density at radius 2 is 1.81 bits per heavy atom. The van der Waals surface area contributed by atoms with E-state index >= 15 is 0 Å². The highest BCUT2D eigenvalue weighted by molar-refractivity contribution is 7.90. The number of hydrogen-bond acceptors (Lipinski definition) is 3. The summed E-state index contributed by atoms with van der Waals surface area (Å²) in [6, 6.07) is 10.9. The number of rotatable bonds is 4. The Bertz CT molecular complexity index is 798. The normalized spacial score (nSPS) is 11.4. The highest BCUT2D eigenvalue weighted by Gasteiger charge is 2.13. The van der Waals surface area contributed by atoms with Crippen molar-refractivity contribution in [2.45, 2.75) is 11.3 Å². The summed E-state index contributed by atoms with van der Waals surface area (Å²) in [5.74, 6) is -0.204. The van der Waals surface area contributed by atoms with E-state index in [9.17, 15) is 13.2 Å². The van der Waals surface area contributed by atoms with E-state index in [2.05, 4.69) is 0 Å². The summed E-state index contributed by atoms with van der Waals surface area (Å²) in [6.07, 6.45) is 1.19. The van der Waals surface area contributed by atoms with Crippen molar-refractivity contribution < 1.29 is 13.2 Å². The average molecular weight is 343 g/mol. The maximum atomic E-state index is 12.2. The van der Waals surface area contributed by atoms with Crippen molar-refractivity contribution in [3.63, 3.8) is 0 Å². The number of benzene rings is 2. The molecular formula is C15H12Cl2O3S. The maximum Gasteiger partial charge on any atom is 0.175 e. The number of ketones is 1. The molecule has 0 aliphatic carbocycles. The van der Waals surface area contributed by atoms with Crippen LogP contribution >= 0.6 is 23.2 Å². The lowest BCUT2D eigenvalue weighted by atomic mass is 10.0. The molecule has 0 atom stereocenters. The van der Waals surface area contributed by atoms with Crippen LogP contribution in [0.25, 0.3) is 0 Å². The van der Waals surface area contributed by atoms with Gasteiger partial charge < -0.3 is 0 Å². The van der Waals surface area contributed by atoms with Crippen LogP contribution in [0.5, 0.6) is 0 Å². The molecule has 0 bridgehead atoms. The minimum absolute atomic E-state index is 0.0865. The Morgan fingerprint density at radius 1 is 1.10 bits per heavy atom. The van der Waals surface area contributed by atoms with Gasteiger partial charge in [0, 0.05) is 28.3 Å². The highest BCUT2D eigenvalue weighted by Crippen LogP contribution is 2.23. The third-order valence-electron chi connectivity index (χ3n) is 2.95. The first kappa shape index (κ1) is 16.0. The monoisotopic (exact) mass is 342 g/mol. The summed E-state index contributed by atoms with van der Waals surface area (Å²) in [5.41, 5.74) is 0.986. The summed E-state index contributed by atoms with van der Waals surface area (Å²) in [6.45, 7) is 0. The Morgan fingerprint density at radius 3 is 2.43 bits per heavy atom. The number of halogens is 2. The standard InChI is InChI=1S/C15H12Cl2O3S/c1-21(19,20)13-4-2-3-11(7-13)15(18)8-10-5-6-12(16)9-14(10)17/h2-7,9H,8H2,1H3. The van der Waals surface area contributed by atoms with E-state index in [-0.39, 0.29) is 17.1 Å². The second kappa shape index (κ2) is 6.18. The van der Waals surface area contributed by atoms with Crippen LogP contribution in [-0.2, 0) is 16.3 Å². The van der Waals surface area contributed by atoms with Gasteiger partial charge in [0.1, 0.15) is 0 Å². The molecule has 0 saturated heterocycles. The molecule has 2 rings (SSSR count). The van der Waals surface area contributed by atoms with Crippen molar-refractivity contribution in [3.05, 3.63) is 63.6 Å². The molecule has 0 aliphatic heterocycles. The van der Waals surface area contributed by atoms with E-state index in [4.69, 9.17) is 23.2 Å². The molecule has 6 heteroatoms. The molecule has 0 aromatic heterocycles. The van der Waals surface area contributed by atoms with Crippen LogP contribution in [0.4, 0.5) is 0 Å². The maximum absolute atomic E-state index is 12.2. The Kier molecular flexibility index (Phi) is 4.71. The molecule has 0 radical (unpaired) electrons. The zero-order chi connectivity index (χ0) is 15.6. The second-order valence-corrected chi connectivity index (χ2v) is 7.50. The Labute approximate surface area is 133 Å². The largest absolute Gasteiger partial charge is 0.294 e. The van der Waals surface area contributed by atoms with E-state index in [1.54, 1.807) is 30.3 Å². The number of hydrogen-bond donors (Lipinski definition) is 0. The highest BCUT2D eigenvalue weighted by atomic mass is 35.5. The van der Waals surface area contributed by atoms with Gasteiger partial charge in [-0.25, -0.2) is 8.42 Å². The number of sulfone groups is 1. The van der Waals surface area contributed by atoms with Gasteiger partial charge in [0.05, 0.1) is 4.90 Å². The topological polar surface area (TPSA) is 51.2 Å². The Balaban J connectivity index is 2.29. The molecule has 3 nitrogen and oxygen atoms in total. The van der Waals surface area contributed by atoms with E-state index in [1.165, 1.54) is 12.1 Å². The van der Waals surface area contributed by atoms with Gasteiger partial charge in [-0.2, -0.15) is 0 Å². The molecule has 21 heavy (non-hydrogen) atoms. The van der Waals surface area contributed by atoms with Gasteiger partial charge in [-0.15, -0.1) is 0 Å². The summed E-state index contributed by atoms with van der Waals surface area (Å²) in [7, 11) is -3.34. The molecule has 0 N–H and O–H groups in total. The summed E-state index contributed by atoms with van der Waals surface area (Å²) >= 11 is 11.8. The van der Waals surface area contributed by atoms with E-state index < -0.39 is 9.84 Å². The van der Waals surface area contributed by atoms with Crippen LogP contribution < -0.4 is 0 Å². The summed E-state index contributed by atoms with van der Waals surface area (Å²) < 4.78 is 23.0. The van der Waals surface area contributed by atoms with Crippen molar-refractivity contribution in [3.8, 4) is 0 Å². The smallest absolute Gasteiger partial charge is 0.175 e. The lowest BCUT2D eigenvalue weighted by Gasteiger charge is -2.06. The fourth-order valence-corrected chi connectivity index (χ4v) is 2.98. The van der Waals surface area contributed by atoms with Crippen molar-refractivity contribution in [2.75, 3.05) is 6.26 Å². The van der Waals surface area contributed by atoms with Gasteiger partial charge >= 0.3 is 0 Å². The molecule has 0 amide bonds. The third kappa shape index (κ3) is 4.06. The van der Waals surface area contributed by atoms with E-state index in [0.717, 1.165) is 6.26 Å². The minimum Gasteiger partial charge on any atom is -0.294 e. The van der Waals surface area contributed by atoms with Crippen LogP contribution in [0.3, 0.4) is 0 Å². The SMILES string of the molecule is CS(=O)(=O)c1cccc(C(=O)Cc2ccc(Cl)cc2Cl)c1. The zero-order valence-corrected chi connectivity index (χ0v) is 13.5. The van der Waals surface area contributed by atoms with Crippen molar-refractivity contribution in [1.29, 1.82) is 0 Å². The molecule has 110 valence electrons. The van der Waals surface area contributed by atoms with Crippen molar-refractivity contribution in [1.82, 2.24) is 0 Å². The molecule has 0 unspecified atom stereocenters. The first-order valence-electron chi connectivity index (χ1n) is 6.04. The second-order valence-electron chi connectivity index (χ2n) is 4.64. The minimum atomic E-state index is -3.34. The van der Waals surface area contributed by atoms with Crippen LogP contribution in [0.15, 0.2) is 47.4 Å². The molecule has 2 aromatic carbocycles. The molecule has 0 spiro atoms. The van der Waals surface area contributed by atoms with Gasteiger partial charge in [0.15, 0.2) is 15.6 Å². The third-order valence-corrected chi connectivity index (χ3v) is 4.65. The number of carbonyl (C=O) groups is 1. The van der Waals surface area contributed by atoms with Crippen LogP contribution in [-0.4, -0.2) is 20.5 Å². The fraction of sp³-hybridized carbons (Fsp3) is 0.133. The average Bonchev–Trinajstić information content (AvgIpc) is 2.41. The molecular weight excluding hydrogens is 331 g/mol. The van der Waals surface area contributed by atoms with E-state index in [0.29, 0.717) is 21.2 Å². The molecule has 0 aliphatic rings. The Hall–Kier alpha value is -1.36. The van der Waals surface area contributed by atoms with Gasteiger partial charge in [0.25, 0.3) is 0 Å². The first-order chi connectivity index (χ1) is 9.77. The summed E-state index contributed by atoms with van der Waals surface area (Å²) in [5, 5.41) is 0.908. The summed E-state index contributed by atoms with van der Waals surface area (Å²) in [4.78, 5) is 12.4. The lowest BCUT2D eigenvalue weighted by Crippen LogP contribution is -2.06. The van der Waals surface area contributed by atoms with Crippen molar-refractivity contribution in [2.24, 2.45) is 0 Å². The van der Waals surface area contributed by atoms with Crippen LogP contribution in [0.1, 0.15) is 15.9 Å². The molecule has 2 aromatic rings. The predicted octanol–water partition coefficient (Wildman–Crippen LogP) is 3.82. The lowest BCUT2D eigenvalue weighted by molar-refractivity contribution is 0.0993. The van der Waals surface area contributed by atoms with Crippen LogP contribution in [0, 0.1) is 0 Å². The van der Waals surface area contributed by atoms with Gasteiger partial charge in [-0.1, -0.05) is 41.4 Å². The van der Waals surface area contributed by atoms with E-state index in [1.807, 2.05) is 0 Å². The predicted molar refractivity (Wildman–Crippen MR) is 84.0 cm³/mol. The quantitative estimate of drug-likeness (QED) is 0.793. The van der Waals surface area contributed by atoms with Gasteiger partial charge in [0.2, 0.25) is 0 Å². The van der Waals surface area contributed by atoms with Crippen LogP contribution in [0.2, 0.25) is 10.0 Å². The number of Topliss-reactive ketones (excluding diaryl/α,β-unsaturated/α-hetero) is 1. The molecule has 0 heterocycles. The van der Waals surface area contributed by atoms with Gasteiger partial charge in [-0.3, -0.25) is 4.79 Å². The first-order valence-corrected chi connectivity index (χ1v) is 8.69. The molecule has 0 fully saturated rings. The zero-order valence-electron chi connectivity index (χ0n) is 11.1. The number of carbonyl (C=O) groups excluding carboxylic acids is 1.